The molecule has 3 fully saturated rings. The zero-order valence-electron chi connectivity index (χ0n) is 13.2. The molecule has 1 aromatic rings. The highest BCUT2D eigenvalue weighted by Crippen LogP contribution is 2.37. The van der Waals surface area contributed by atoms with Crippen molar-refractivity contribution in [1.82, 2.24) is 10.2 Å². The Labute approximate surface area is 136 Å². The SMILES string of the molecule is NC1CCC2CN(C(=O)c3ccc(C(=O)NC4CC4)cc3)CC12. The minimum absolute atomic E-state index is 0.0480. The van der Waals surface area contributed by atoms with E-state index in [1.54, 1.807) is 24.3 Å². The molecule has 0 radical (unpaired) electrons. The minimum Gasteiger partial charge on any atom is -0.349 e. The highest BCUT2D eigenvalue weighted by atomic mass is 16.2. The smallest absolute Gasteiger partial charge is 0.253 e. The number of nitrogens with two attached hydrogens (primary N) is 1. The lowest BCUT2D eigenvalue weighted by Gasteiger charge is -2.19. The van der Waals surface area contributed by atoms with Gasteiger partial charge >= 0.3 is 0 Å². The van der Waals surface area contributed by atoms with Crippen LogP contribution >= 0.6 is 0 Å². The lowest BCUT2D eigenvalue weighted by molar-refractivity contribution is 0.0779. The van der Waals surface area contributed by atoms with Crippen LogP contribution in [-0.4, -0.2) is 41.9 Å². The Balaban J connectivity index is 1.41. The first-order chi connectivity index (χ1) is 11.1. The number of hydrogen-bond acceptors (Lipinski definition) is 3. The van der Waals surface area contributed by atoms with E-state index in [0.717, 1.165) is 38.8 Å². The maximum atomic E-state index is 12.6. The third-order valence-electron chi connectivity index (χ3n) is 5.51. The van der Waals surface area contributed by atoms with Gasteiger partial charge in [0.25, 0.3) is 11.8 Å². The van der Waals surface area contributed by atoms with E-state index in [9.17, 15) is 9.59 Å². The van der Waals surface area contributed by atoms with Crippen LogP contribution in [0.2, 0.25) is 0 Å². The van der Waals surface area contributed by atoms with E-state index in [4.69, 9.17) is 5.73 Å². The summed E-state index contributed by atoms with van der Waals surface area (Å²) < 4.78 is 0. The molecule has 4 rings (SSSR count). The Morgan fingerprint density at radius 3 is 2.35 bits per heavy atom. The number of carbonyl (C=O) groups is 2. The standard InChI is InChI=1S/C18H23N3O2/c19-16-8-5-13-9-21(10-15(13)16)18(23)12-3-1-11(2-4-12)17(22)20-14-6-7-14/h1-4,13-16H,5-10,19H2,(H,20,22). The summed E-state index contributed by atoms with van der Waals surface area (Å²) in [6.45, 7) is 1.59. The third-order valence-corrected chi connectivity index (χ3v) is 5.51. The Bertz CT molecular complexity index is 624. The average molecular weight is 313 g/mol. The number of likely N-dealkylation sites (tertiary alicyclic amines) is 1. The first-order valence-electron chi connectivity index (χ1n) is 8.57. The van der Waals surface area contributed by atoms with Gasteiger partial charge < -0.3 is 16.0 Å². The summed E-state index contributed by atoms with van der Waals surface area (Å²) in [6, 6.07) is 7.60. The highest BCUT2D eigenvalue weighted by Gasteiger charge is 2.42. The second-order valence-electron chi connectivity index (χ2n) is 7.20. The first-order valence-corrected chi connectivity index (χ1v) is 8.57. The number of fused-ring (bicyclic) bond motifs is 1. The Hall–Kier alpha value is -1.88. The molecule has 1 aromatic carbocycles. The number of amides is 2. The lowest BCUT2D eigenvalue weighted by Crippen LogP contribution is -2.33. The van der Waals surface area contributed by atoms with Crippen LogP contribution in [0.15, 0.2) is 24.3 Å². The molecular weight excluding hydrogens is 290 g/mol. The second kappa shape index (κ2) is 5.64. The van der Waals surface area contributed by atoms with Gasteiger partial charge in [-0.25, -0.2) is 0 Å². The van der Waals surface area contributed by atoms with Gasteiger partial charge in [0.05, 0.1) is 0 Å². The predicted molar refractivity (Wildman–Crippen MR) is 87.0 cm³/mol. The maximum absolute atomic E-state index is 12.6. The van der Waals surface area contributed by atoms with Gasteiger partial charge in [0.15, 0.2) is 0 Å². The number of rotatable bonds is 3. The monoisotopic (exact) mass is 313 g/mol. The van der Waals surface area contributed by atoms with Gasteiger partial charge in [-0.15, -0.1) is 0 Å². The highest BCUT2D eigenvalue weighted by molar-refractivity contribution is 5.98. The molecule has 1 saturated heterocycles. The van der Waals surface area contributed by atoms with E-state index in [2.05, 4.69) is 5.32 Å². The van der Waals surface area contributed by atoms with Crippen LogP contribution in [0, 0.1) is 11.8 Å². The van der Waals surface area contributed by atoms with E-state index in [0.29, 0.717) is 29.0 Å². The van der Waals surface area contributed by atoms with Crippen molar-refractivity contribution in [3.8, 4) is 0 Å². The molecule has 0 bridgehead atoms. The summed E-state index contributed by atoms with van der Waals surface area (Å²) in [6.07, 6.45) is 4.36. The summed E-state index contributed by atoms with van der Waals surface area (Å²) in [5.41, 5.74) is 7.41. The molecule has 23 heavy (non-hydrogen) atoms. The summed E-state index contributed by atoms with van der Waals surface area (Å²) in [4.78, 5) is 26.5. The Morgan fingerprint density at radius 2 is 1.70 bits per heavy atom. The lowest BCUT2D eigenvalue weighted by atomic mass is 9.98. The summed E-state index contributed by atoms with van der Waals surface area (Å²) >= 11 is 0. The molecule has 3 unspecified atom stereocenters. The van der Waals surface area contributed by atoms with Gasteiger partial charge in [0, 0.05) is 36.3 Å². The normalized spacial score (nSPS) is 29.4. The topological polar surface area (TPSA) is 75.4 Å². The fourth-order valence-electron chi connectivity index (χ4n) is 3.92. The second-order valence-corrected chi connectivity index (χ2v) is 7.20. The van der Waals surface area contributed by atoms with Crippen molar-refractivity contribution in [3.63, 3.8) is 0 Å². The molecule has 0 spiro atoms. The van der Waals surface area contributed by atoms with Crippen LogP contribution in [-0.2, 0) is 0 Å². The van der Waals surface area contributed by atoms with Gasteiger partial charge in [-0.3, -0.25) is 9.59 Å². The van der Waals surface area contributed by atoms with Crippen LogP contribution in [0.4, 0.5) is 0 Å². The fourth-order valence-corrected chi connectivity index (χ4v) is 3.92. The number of nitrogens with zero attached hydrogens (tertiary/aromatic N) is 1. The first kappa shape index (κ1) is 14.7. The van der Waals surface area contributed by atoms with Crippen molar-refractivity contribution in [1.29, 1.82) is 0 Å². The summed E-state index contributed by atoms with van der Waals surface area (Å²) in [7, 11) is 0. The van der Waals surface area contributed by atoms with Gasteiger partial charge in [-0.05, 0) is 61.8 Å². The van der Waals surface area contributed by atoms with E-state index in [-0.39, 0.29) is 17.9 Å². The van der Waals surface area contributed by atoms with Crippen LogP contribution in [0.3, 0.4) is 0 Å². The summed E-state index contributed by atoms with van der Waals surface area (Å²) in [5, 5.41) is 2.96. The number of hydrogen-bond donors (Lipinski definition) is 2. The largest absolute Gasteiger partial charge is 0.349 e. The van der Waals surface area contributed by atoms with E-state index < -0.39 is 0 Å². The molecule has 0 aromatic heterocycles. The minimum atomic E-state index is -0.0480. The average Bonchev–Trinajstić information content (AvgIpc) is 3.16. The van der Waals surface area contributed by atoms with E-state index >= 15 is 0 Å². The molecule has 2 amide bonds. The van der Waals surface area contributed by atoms with Crippen molar-refractivity contribution < 1.29 is 9.59 Å². The van der Waals surface area contributed by atoms with E-state index in [1.807, 2.05) is 4.90 Å². The molecule has 5 heteroatoms. The molecule has 3 N–H and O–H groups in total. The molecule has 3 atom stereocenters. The number of carbonyl (C=O) groups excluding carboxylic acids is 2. The zero-order valence-corrected chi connectivity index (χ0v) is 13.2. The Kier molecular flexibility index (Phi) is 3.60. The van der Waals surface area contributed by atoms with Crippen LogP contribution in [0.1, 0.15) is 46.4 Å². The Morgan fingerprint density at radius 1 is 1.00 bits per heavy atom. The number of nitrogens with one attached hydrogen (secondary N) is 1. The molecule has 2 aliphatic carbocycles. The summed E-state index contributed by atoms with van der Waals surface area (Å²) in [5.74, 6) is 1.04. The molecule has 1 heterocycles. The van der Waals surface area contributed by atoms with Gasteiger partial charge in [0.1, 0.15) is 0 Å². The molecular formula is C18H23N3O2. The van der Waals surface area contributed by atoms with Crippen molar-refractivity contribution >= 4 is 11.8 Å². The molecule has 1 aliphatic heterocycles. The predicted octanol–water partition coefficient (Wildman–Crippen LogP) is 1.39. The molecule has 5 nitrogen and oxygen atoms in total. The van der Waals surface area contributed by atoms with Gasteiger partial charge in [-0.1, -0.05) is 0 Å². The zero-order chi connectivity index (χ0) is 16.0. The third kappa shape index (κ3) is 2.85. The van der Waals surface area contributed by atoms with E-state index in [1.165, 1.54) is 0 Å². The van der Waals surface area contributed by atoms with Crippen LogP contribution in [0.25, 0.3) is 0 Å². The quantitative estimate of drug-likeness (QED) is 0.885. The van der Waals surface area contributed by atoms with Crippen molar-refractivity contribution in [2.24, 2.45) is 17.6 Å². The van der Waals surface area contributed by atoms with Crippen LogP contribution < -0.4 is 11.1 Å². The number of benzene rings is 1. The molecule has 2 saturated carbocycles. The molecule has 122 valence electrons. The molecule has 3 aliphatic rings. The fraction of sp³-hybridized carbons (Fsp3) is 0.556. The van der Waals surface area contributed by atoms with Crippen molar-refractivity contribution in [2.75, 3.05) is 13.1 Å². The van der Waals surface area contributed by atoms with Gasteiger partial charge in [-0.2, -0.15) is 0 Å². The maximum Gasteiger partial charge on any atom is 0.253 e. The van der Waals surface area contributed by atoms with Crippen LogP contribution in [0.5, 0.6) is 0 Å². The van der Waals surface area contributed by atoms with Gasteiger partial charge in [0.2, 0.25) is 0 Å². The van der Waals surface area contributed by atoms with Crippen molar-refractivity contribution in [2.45, 2.75) is 37.8 Å². The van der Waals surface area contributed by atoms with Crippen molar-refractivity contribution in [3.05, 3.63) is 35.4 Å².